The minimum atomic E-state index is -0.412. The Morgan fingerprint density at radius 1 is 1.15 bits per heavy atom. The van der Waals surface area contributed by atoms with Crippen molar-refractivity contribution in [1.29, 1.82) is 0 Å². The fourth-order valence-corrected chi connectivity index (χ4v) is 3.23. The van der Waals surface area contributed by atoms with E-state index in [1.807, 2.05) is 0 Å². The minimum absolute atomic E-state index is 0.0473. The number of hydrogen-bond donors (Lipinski definition) is 1. The SMILES string of the molecule is CN(C)C(=O)C1CCN(C(=O)c2cccnc2Nc2ccccc2F)CC1. The summed E-state index contributed by atoms with van der Waals surface area (Å²) in [5.74, 6) is -0.208. The van der Waals surface area contributed by atoms with Crippen molar-refractivity contribution in [1.82, 2.24) is 14.8 Å². The van der Waals surface area contributed by atoms with Crippen molar-refractivity contribution < 1.29 is 14.0 Å². The molecule has 3 rings (SSSR count). The van der Waals surface area contributed by atoms with E-state index in [4.69, 9.17) is 0 Å². The smallest absolute Gasteiger partial charge is 0.257 e. The lowest BCUT2D eigenvalue weighted by Crippen LogP contribution is -2.42. The van der Waals surface area contributed by atoms with Crippen LogP contribution in [0.3, 0.4) is 0 Å². The van der Waals surface area contributed by atoms with Gasteiger partial charge in [0.2, 0.25) is 5.91 Å². The lowest BCUT2D eigenvalue weighted by atomic mass is 9.95. The average molecular weight is 370 g/mol. The molecule has 2 amide bonds. The number of nitrogens with zero attached hydrogens (tertiary/aromatic N) is 3. The summed E-state index contributed by atoms with van der Waals surface area (Å²) >= 11 is 0. The summed E-state index contributed by atoms with van der Waals surface area (Å²) in [7, 11) is 3.49. The highest BCUT2D eigenvalue weighted by Gasteiger charge is 2.29. The standard InChI is InChI=1S/C20H23FN4O2/c1-24(2)19(26)14-9-12-25(13-10-14)20(27)15-6-5-11-22-18(15)23-17-8-4-3-7-16(17)21/h3-8,11,14H,9-10,12-13H2,1-2H3,(H,22,23). The lowest BCUT2D eigenvalue weighted by Gasteiger charge is -2.32. The van der Waals surface area contributed by atoms with Gasteiger partial charge in [-0.2, -0.15) is 0 Å². The van der Waals surface area contributed by atoms with Gasteiger partial charge in [-0.25, -0.2) is 9.37 Å². The fourth-order valence-electron chi connectivity index (χ4n) is 3.23. The number of anilines is 2. The number of benzene rings is 1. The Kier molecular flexibility index (Phi) is 5.69. The van der Waals surface area contributed by atoms with Crippen LogP contribution in [0, 0.1) is 11.7 Å². The first-order valence-corrected chi connectivity index (χ1v) is 8.94. The van der Waals surface area contributed by atoms with Gasteiger partial charge in [-0.15, -0.1) is 0 Å². The number of halogens is 1. The summed E-state index contributed by atoms with van der Waals surface area (Å²) in [5.41, 5.74) is 0.652. The Balaban J connectivity index is 1.73. The average Bonchev–Trinajstić information content (AvgIpc) is 2.69. The highest BCUT2D eigenvalue weighted by atomic mass is 19.1. The van der Waals surface area contributed by atoms with E-state index < -0.39 is 5.82 Å². The molecule has 0 unspecified atom stereocenters. The quantitative estimate of drug-likeness (QED) is 0.899. The highest BCUT2D eigenvalue weighted by molar-refractivity contribution is 5.99. The Labute approximate surface area is 158 Å². The fraction of sp³-hybridized carbons (Fsp3) is 0.350. The third-order valence-electron chi connectivity index (χ3n) is 4.74. The summed E-state index contributed by atoms with van der Waals surface area (Å²) < 4.78 is 13.9. The minimum Gasteiger partial charge on any atom is -0.349 e. The molecule has 0 radical (unpaired) electrons. The number of pyridine rings is 1. The third-order valence-corrected chi connectivity index (χ3v) is 4.74. The van der Waals surface area contributed by atoms with Crippen molar-refractivity contribution in [2.45, 2.75) is 12.8 Å². The van der Waals surface area contributed by atoms with Crippen LogP contribution >= 0.6 is 0 Å². The van der Waals surface area contributed by atoms with Crippen LogP contribution in [0.1, 0.15) is 23.2 Å². The molecule has 1 saturated heterocycles. The molecule has 2 heterocycles. The van der Waals surface area contributed by atoms with Crippen molar-refractivity contribution >= 4 is 23.3 Å². The van der Waals surface area contributed by atoms with Crippen LogP contribution < -0.4 is 5.32 Å². The van der Waals surface area contributed by atoms with Crippen LogP contribution in [0.2, 0.25) is 0 Å². The van der Waals surface area contributed by atoms with Crippen LogP contribution in [-0.4, -0.2) is 53.8 Å². The molecular weight excluding hydrogens is 347 g/mol. The number of likely N-dealkylation sites (tertiary alicyclic amines) is 1. The molecule has 0 bridgehead atoms. The predicted molar refractivity (Wildman–Crippen MR) is 101 cm³/mol. The Hall–Kier alpha value is -2.96. The zero-order valence-corrected chi connectivity index (χ0v) is 15.5. The van der Waals surface area contributed by atoms with Gasteiger partial charge in [-0.1, -0.05) is 12.1 Å². The second kappa shape index (κ2) is 8.16. The molecule has 1 fully saturated rings. The summed E-state index contributed by atoms with van der Waals surface area (Å²) in [4.78, 5) is 32.6. The van der Waals surface area contributed by atoms with E-state index in [2.05, 4.69) is 10.3 Å². The van der Waals surface area contributed by atoms with E-state index >= 15 is 0 Å². The van der Waals surface area contributed by atoms with Gasteiger partial charge in [-0.05, 0) is 37.1 Å². The Bertz CT molecular complexity index is 832. The molecule has 0 saturated carbocycles. The van der Waals surface area contributed by atoms with Crippen molar-refractivity contribution in [3.63, 3.8) is 0 Å². The Morgan fingerprint density at radius 3 is 2.52 bits per heavy atom. The molecule has 27 heavy (non-hydrogen) atoms. The highest BCUT2D eigenvalue weighted by Crippen LogP contribution is 2.25. The van der Waals surface area contributed by atoms with E-state index in [9.17, 15) is 14.0 Å². The molecule has 0 atom stereocenters. The van der Waals surface area contributed by atoms with Crippen LogP contribution in [0.25, 0.3) is 0 Å². The van der Waals surface area contributed by atoms with Crippen LogP contribution in [0.5, 0.6) is 0 Å². The first-order valence-electron chi connectivity index (χ1n) is 8.94. The summed E-state index contributed by atoms with van der Waals surface area (Å²) in [6.07, 6.45) is 2.83. The first-order chi connectivity index (χ1) is 13.0. The molecule has 1 aliphatic rings. The maximum Gasteiger partial charge on any atom is 0.257 e. The molecule has 1 aromatic heterocycles. The summed E-state index contributed by atoms with van der Waals surface area (Å²) in [6.45, 7) is 1.02. The topological polar surface area (TPSA) is 65.5 Å². The predicted octanol–water partition coefficient (Wildman–Crippen LogP) is 2.90. The third kappa shape index (κ3) is 4.24. The Morgan fingerprint density at radius 2 is 1.85 bits per heavy atom. The van der Waals surface area contributed by atoms with Crippen molar-refractivity contribution in [2.75, 3.05) is 32.5 Å². The normalized spacial score (nSPS) is 14.7. The second-order valence-electron chi connectivity index (χ2n) is 6.80. The van der Waals surface area contributed by atoms with E-state index in [0.29, 0.717) is 37.3 Å². The van der Waals surface area contributed by atoms with Gasteiger partial charge in [0.15, 0.2) is 0 Å². The molecule has 7 heteroatoms. The number of rotatable bonds is 4. The van der Waals surface area contributed by atoms with Gasteiger partial charge in [0.1, 0.15) is 11.6 Å². The zero-order valence-electron chi connectivity index (χ0n) is 15.5. The lowest BCUT2D eigenvalue weighted by molar-refractivity contribution is -0.134. The zero-order chi connectivity index (χ0) is 19.4. The number of amides is 2. The van der Waals surface area contributed by atoms with Gasteiger partial charge in [0.25, 0.3) is 5.91 Å². The monoisotopic (exact) mass is 370 g/mol. The maximum atomic E-state index is 13.9. The largest absolute Gasteiger partial charge is 0.349 e. The van der Waals surface area contributed by atoms with Crippen LogP contribution in [-0.2, 0) is 4.79 Å². The van der Waals surface area contributed by atoms with Gasteiger partial charge < -0.3 is 15.1 Å². The van der Waals surface area contributed by atoms with E-state index in [1.54, 1.807) is 60.4 Å². The second-order valence-corrected chi connectivity index (χ2v) is 6.80. The molecule has 6 nitrogen and oxygen atoms in total. The molecule has 2 aromatic rings. The molecule has 1 aromatic carbocycles. The van der Waals surface area contributed by atoms with Crippen molar-refractivity contribution in [3.05, 3.63) is 54.0 Å². The number of nitrogens with one attached hydrogen (secondary N) is 1. The molecular formula is C20H23FN4O2. The number of carbonyl (C=O) groups excluding carboxylic acids is 2. The van der Waals surface area contributed by atoms with E-state index in [0.717, 1.165) is 0 Å². The number of hydrogen-bond acceptors (Lipinski definition) is 4. The number of aromatic nitrogens is 1. The van der Waals surface area contributed by atoms with E-state index in [-0.39, 0.29) is 23.4 Å². The van der Waals surface area contributed by atoms with Crippen molar-refractivity contribution in [2.24, 2.45) is 5.92 Å². The summed E-state index contributed by atoms with van der Waals surface area (Å²) in [6, 6.07) is 9.61. The van der Waals surface area contributed by atoms with Gasteiger partial charge in [0, 0.05) is 39.3 Å². The molecule has 0 spiro atoms. The number of para-hydroxylation sites is 1. The van der Waals surface area contributed by atoms with Gasteiger partial charge in [0.05, 0.1) is 11.3 Å². The van der Waals surface area contributed by atoms with Crippen LogP contribution in [0.15, 0.2) is 42.6 Å². The molecule has 0 aliphatic carbocycles. The summed E-state index contributed by atoms with van der Waals surface area (Å²) in [5, 5.41) is 2.91. The molecule has 142 valence electrons. The maximum absolute atomic E-state index is 13.9. The first kappa shape index (κ1) is 18.8. The van der Waals surface area contributed by atoms with Crippen molar-refractivity contribution in [3.8, 4) is 0 Å². The van der Waals surface area contributed by atoms with Gasteiger partial charge >= 0.3 is 0 Å². The van der Waals surface area contributed by atoms with Crippen LogP contribution in [0.4, 0.5) is 15.9 Å². The molecule has 1 N–H and O–H groups in total. The number of carbonyl (C=O) groups is 2. The number of piperidine rings is 1. The van der Waals surface area contributed by atoms with E-state index in [1.165, 1.54) is 6.07 Å². The molecule has 1 aliphatic heterocycles. The van der Waals surface area contributed by atoms with Gasteiger partial charge in [-0.3, -0.25) is 9.59 Å².